The van der Waals surface area contributed by atoms with Crippen molar-refractivity contribution in [1.82, 2.24) is 15.3 Å². The summed E-state index contributed by atoms with van der Waals surface area (Å²) in [5.41, 5.74) is 8.54. The molecule has 1 aliphatic rings. The standard InChI is InChI=1S/C31H26N4O/c1-32-24-13-11-22(12-14-24)30-26(20-5-3-2-4-6-20)19-27-28(35-30)17-18-33-29(27)21-7-9-23(10-8-21)31(36)34-25-15-16-25/h2-14,17-19,25,32H,15-16H2,1H3,(H,34,36). The van der Waals surface area contributed by atoms with Gasteiger partial charge in [0, 0.05) is 52.6 Å². The molecule has 0 atom stereocenters. The molecule has 5 nitrogen and oxygen atoms in total. The van der Waals surface area contributed by atoms with Crippen LogP contribution in [-0.4, -0.2) is 29.0 Å². The van der Waals surface area contributed by atoms with Gasteiger partial charge < -0.3 is 10.6 Å². The summed E-state index contributed by atoms with van der Waals surface area (Å²) in [6.45, 7) is 0. The number of carbonyl (C=O) groups excluding carboxylic acids is 1. The van der Waals surface area contributed by atoms with Gasteiger partial charge in [-0.25, -0.2) is 4.98 Å². The number of anilines is 1. The summed E-state index contributed by atoms with van der Waals surface area (Å²) in [5.74, 6) is -0.0168. The lowest BCUT2D eigenvalue weighted by Gasteiger charge is -2.14. The van der Waals surface area contributed by atoms with Gasteiger partial charge in [0.2, 0.25) is 0 Å². The van der Waals surface area contributed by atoms with Crippen molar-refractivity contribution >= 4 is 22.5 Å². The number of nitrogens with one attached hydrogen (secondary N) is 2. The second-order valence-electron chi connectivity index (χ2n) is 9.13. The Hall–Kier alpha value is -4.51. The highest BCUT2D eigenvalue weighted by molar-refractivity contribution is 5.99. The van der Waals surface area contributed by atoms with Crippen molar-refractivity contribution in [3.8, 4) is 33.6 Å². The van der Waals surface area contributed by atoms with E-state index in [1.807, 2.05) is 55.6 Å². The highest BCUT2D eigenvalue weighted by Gasteiger charge is 2.23. The van der Waals surface area contributed by atoms with Crippen LogP contribution in [0.25, 0.3) is 44.5 Å². The number of pyridine rings is 2. The van der Waals surface area contributed by atoms with E-state index < -0.39 is 0 Å². The molecule has 6 rings (SSSR count). The average Bonchev–Trinajstić information content (AvgIpc) is 3.76. The number of aromatic nitrogens is 2. The molecule has 5 aromatic rings. The van der Waals surface area contributed by atoms with Crippen molar-refractivity contribution in [1.29, 1.82) is 0 Å². The largest absolute Gasteiger partial charge is 0.388 e. The third-order valence-electron chi connectivity index (χ3n) is 6.61. The lowest BCUT2D eigenvalue weighted by atomic mass is 9.96. The third kappa shape index (κ3) is 4.31. The maximum absolute atomic E-state index is 12.4. The van der Waals surface area contributed by atoms with Crippen LogP contribution in [0, 0.1) is 0 Å². The molecule has 0 spiro atoms. The van der Waals surface area contributed by atoms with Crippen molar-refractivity contribution in [2.45, 2.75) is 18.9 Å². The Morgan fingerprint density at radius 2 is 1.50 bits per heavy atom. The van der Waals surface area contributed by atoms with E-state index in [4.69, 9.17) is 9.97 Å². The van der Waals surface area contributed by atoms with E-state index in [2.05, 4.69) is 53.1 Å². The first kappa shape index (κ1) is 22.0. The summed E-state index contributed by atoms with van der Waals surface area (Å²) in [6.07, 6.45) is 3.94. The molecule has 3 aromatic carbocycles. The molecule has 0 radical (unpaired) electrons. The van der Waals surface area contributed by atoms with Crippen molar-refractivity contribution in [2.75, 3.05) is 12.4 Å². The molecule has 0 unspecified atom stereocenters. The lowest BCUT2D eigenvalue weighted by Crippen LogP contribution is -2.25. The van der Waals surface area contributed by atoms with Crippen LogP contribution >= 0.6 is 0 Å². The van der Waals surface area contributed by atoms with Gasteiger partial charge in [-0.15, -0.1) is 0 Å². The zero-order valence-corrected chi connectivity index (χ0v) is 20.0. The number of rotatable bonds is 6. The zero-order valence-electron chi connectivity index (χ0n) is 20.0. The quantitative estimate of drug-likeness (QED) is 0.295. The number of hydrogen-bond donors (Lipinski definition) is 2. The molecule has 2 aromatic heterocycles. The first-order chi connectivity index (χ1) is 17.7. The van der Waals surface area contributed by atoms with Gasteiger partial charge in [-0.05, 0) is 54.8 Å². The van der Waals surface area contributed by atoms with Gasteiger partial charge in [-0.2, -0.15) is 0 Å². The summed E-state index contributed by atoms with van der Waals surface area (Å²) >= 11 is 0. The summed E-state index contributed by atoms with van der Waals surface area (Å²) in [5, 5.41) is 7.20. The van der Waals surface area contributed by atoms with Gasteiger partial charge in [0.1, 0.15) is 0 Å². The molecule has 2 heterocycles. The zero-order chi connectivity index (χ0) is 24.5. The Kier molecular flexibility index (Phi) is 5.66. The summed E-state index contributed by atoms with van der Waals surface area (Å²) in [4.78, 5) is 22.3. The van der Waals surface area contributed by atoms with Crippen molar-refractivity contribution in [2.24, 2.45) is 0 Å². The monoisotopic (exact) mass is 470 g/mol. The molecule has 2 N–H and O–H groups in total. The molecule has 1 fully saturated rings. The second kappa shape index (κ2) is 9.27. The molecule has 1 saturated carbocycles. The number of benzene rings is 3. The van der Waals surface area contributed by atoms with Gasteiger partial charge in [-0.3, -0.25) is 9.78 Å². The normalized spacial score (nSPS) is 12.9. The topological polar surface area (TPSA) is 66.9 Å². The third-order valence-corrected chi connectivity index (χ3v) is 6.61. The van der Waals surface area contributed by atoms with Crippen LogP contribution in [0.4, 0.5) is 5.69 Å². The summed E-state index contributed by atoms with van der Waals surface area (Å²) in [7, 11) is 1.92. The van der Waals surface area contributed by atoms with Crippen LogP contribution in [0.1, 0.15) is 23.2 Å². The first-order valence-electron chi connectivity index (χ1n) is 12.2. The molecule has 0 bridgehead atoms. The van der Waals surface area contributed by atoms with Crippen LogP contribution < -0.4 is 10.6 Å². The van der Waals surface area contributed by atoms with E-state index in [1.165, 1.54) is 0 Å². The van der Waals surface area contributed by atoms with Crippen LogP contribution in [0.3, 0.4) is 0 Å². The molecule has 5 heteroatoms. The Morgan fingerprint density at radius 3 is 2.19 bits per heavy atom. The van der Waals surface area contributed by atoms with Crippen molar-refractivity contribution < 1.29 is 4.79 Å². The van der Waals surface area contributed by atoms with Crippen LogP contribution in [0.15, 0.2) is 97.2 Å². The Balaban J connectivity index is 1.47. The minimum atomic E-state index is -0.0168. The number of amides is 1. The minimum Gasteiger partial charge on any atom is -0.388 e. The van der Waals surface area contributed by atoms with Crippen LogP contribution in [-0.2, 0) is 0 Å². The Morgan fingerprint density at radius 1 is 0.806 bits per heavy atom. The van der Waals surface area contributed by atoms with E-state index in [0.29, 0.717) is 11.6 Å². The maximum atomic E-state index is 12.4. The van der Waals surface area contributed by atoms with Gasteiger partial charge >= 0.3 is 0 Å². The predicted octanol–water partition coefficient (Wildman–Crippen LogP) is 6.56. The van der Waals surface area contributed by atoms with E-state index in [1.54, 1.807) is 6.20 Å². The lowest BCUT2D eigenvalue weighted by molar-refractivity contribution is 0.0951. The second-order valence-corrected chi connectivity index (χ2v) is 9.13. The highest BCUT2D eigenvalue weighted by atomic mass is 16.1. The number of nitrogens with zero attached hydrogens (tertiary/aromatic N) is 2. The summed E-state index contributed by atoms with van der Waals surface area (Å²) < 4.78 is 0. The number of hydrogen-bond acceptors (Lipinski definition) is 4. The molecule has 176 valence electrons. The smallest absolute Gasteiger partial charge is 0.251 e. The van der Waals surface area contributed by atoms with Gasteiger partial charge in [0.05, 0.1) is 16.9 Å². The summed E-state index contributed by atoms with van der Waals surface area (Å²) in [6, 6.07) is 30.8. The predicted molar refractivity (Wildman–Crippen MR) is 146 cm³/mol. The van der Waals surface area contributed by atoms with E-state index in [-0.39, 0.29) is 5.91 Å². The fourth-order valence-corrected chi connectivity index (χ4v) is 4.45. The van der Waals surface area contributed by atoms with Crippen LogP contribution in [0.2, 0.25) is 0 Å². The van der Waals surface area contributed by atoms with Gasteiger partial charge in [0.25, 0.3) is 5.91 Å². The fraction of sp³-hybridized carbons (Fsp3) is 0.129. The van der Waals surface area contributed by atoms with E-state index >= 15 is 0 Å². The van der Waals surface area contributed by atoms with E-state index in [9.17, 15) is 4.79 Å². The SMILES string of the molecule is CNc1ccc(-c2nc3ccnc(-c4ccc(C(=O)NC5CC5)cc4)c3cc2-c2ccccc2)cc1. The van der Waals surface area contributed by atoms with Crippen LogP contribution in [0.5, 0.6) is 0 Å². The molecular formula is C31H26N4O. The molecule has 1 aliphatic carbocycles. The molecule has 36 heavy (non-hydrogen) atoms. The molecular weight excluding hydrogens is 444 g/mol. The van der Waals surface area contributed by atoms with E-state index in [0.717, 1.165) is 63.1 Å². The average molecular weight is 471 g/mol. The van der Waals surface area contributed by atoms with Gasteiger partial charge in [-0.1, -0.05) is 54.6 Å². The van der Waals surface area contributed by atoms with Crippen molar-refractivity contribution in [3.05, 3.63) is 103 Å². The maximum Gasteiger partial charge on any atom is 0.251 e. The molecule has 0 aliphatic heterocycles. The Bertz CT molecular complexity index is 1540. The van der Waals surface area contributed by atoms with Crippen molar-refractivity contribution in [3.63, 3.8) is 0 Å². The fourth-order valence-electron chi connectivity index (χ4n) is 4.45. The Labute approximate surface area is 210 Å². The minimum absolute atomic E-state index is 0.0168. The number of fused-ring (bicyclic) bond motifs is 1. The molecule has 0 saturated heterocycles. The highest BCUT2D eigenvalue weighted by Crippen LogP contribution is 2.36. The number of carbonyl (C=O) groups is 1. The molecule has 1 amide bonds. The van der Waals surface area contributed by atoms with Gasteiger partial charge in [0.15, 0.2) is 0 Å². The first-order valence-corrected chi connectivity index (χ1v) is 12.2.